The van der Waals surface area contributed by atoms with Gasteiger partial charge < -0.3 is 8.94 Å². The van der Waals surface area contributed by atoms with Crippen LogP contribution in [-0.4, -0.2) is 36.0 Å². The van der Waals surface area contributed by atoms with Crippen LogP contribution >= 0.6 is 11.6 Å². The molecular formula is C23H22ClN3O4S. The van der Waals surface area contributed by atoms with E-state index in [0.29, 0.717) is 40.7 Å². The van der Waals surface area contributed by atoms with Crippen LogP contribution in [0, 0.1) is 6.92 Å². The van der Waals surface area contributed by atoms with Crippen molar-refractivity contribution < 1.29 is 17.4 Å². The van der Waals surface area contributed by atoms with Crippen molar-refractivity contribution in [2.45, 2.75) is 37.5 Å². The first-order chi connectivity index (χ1) is 15.4. The fourth-order valence-electron chi connectivity index (χ4n) is 4.06. The fourth-order valence-corrected chi connectivity index (χ4v) is 5.79. The molecule has 2 aromatic carbocycles. The third-order valence-electron chi connectivity index (χ3n) is 5.81. The average molecular weight is 472 g/mol. The molecule has 0 unspecified atom stereocenters. The summed E-state index contributed by atoms with van der Waals surface area (Å²) in [4.78, 5) is 4.72. The highest BCUT2D eigenvalue weighted by Crippen LogP contribution is 2.35. The monoisotopic (exact) mass is 471 g/mol. The number of aromatic nitrogens is 2. The Kier molecular flexibility index (Phi) is 5.53. The van der Waals surface area contributed by atoms with Crippen LogP contribution in [0.5, 0.6) is 0 Å². The Hall–Kier alpha value is -2.68. The molecule has 5 rings (SSSR count). The lowest BCUT2D eigenvalue weighted by Crippen LogP contribution is -2.31. The van der Waals surface area contributed by atoms with E-state index in [9.17, 15) is 8.42 Å². The number of sulfonamides is 1. The van der Waals surface area contributed by atoms with E-state index in [-0.39, 0.29) is 10.8 Å². The highest BCUT2D eigenvalue weighted by atomic mass is 35.5. The van der Waals surface area contributed by atoms with Crippen LogP contribution in [0.2, 0.25) is 5.02 Å². The van der Waals surface area contributed by atoms with E-state index < -0.39 is 10.0 Å². The van der Waals surface area contributed by atoms with E-state index in [1.807, 2.05) is 19.1 Å². The molecule has 0 atom stereocenters. The summed E-state index contributed by atoms with van der Waals surface area (Å²) in [5.74, 6) is 1.04. The minimum Gasteiger partial charge on any atom is -0.451 e. The summed E-state index contributed by atoms with van der Waals surface area (Å²) in [6.45, 7) is 2.97. The van der Waals surface area contributed by atoms with Gasteiger partial charge in [-0.05, 0) is 50.1 Å². The Balaban J connectivity index is 1.51. The van der Waals surface area contributed by atoms with Gasteiger partial charge in [-0.2, -0.15) is 9.29 Å². The smallest absolute Gasteiger partial charge is 0.294 e. The lowest BCUT2D eigenvalue weighted by atomic mass is 10.1. The minimum atomic E-state index is -3.56. The molecule has 0 amide bonds. The van der Waals surface area contributed by atoms with Crippen LogP contribution in [-0.2, 0) is 10.0 Å². The van der Waals surface area contributed by atoms with Crippen molar-refractivity contribution in [3.8, 4) is 23.0 Å². The van der Waals surface area contributed by atoms with E-state index in [1.165, 1.54) is 0 Å². The normalized spacial score (nSPS) is 15.8. The van der Waals surface area contributed by atoms with Crippen molar-refractivity contribution in [2.24, 2.45) is 0 Å². The number of benzene rings is 2. The third kappa shape index (κ3) is 3.83. The first-order valence-electron chi connectivity index (χ1n) is 10.6. The molecule has 9 heteroatoms. The average Bonchev–Trinajstić information content (AvgIpc) is 3.28. The Labute approximate surface area is 191 Å². The van der Waals surface area contributed by atoms with Crippen molar-refractivity contribution in [3.05, 3.63) is 53.1 Å². The molecule has 3 heterocycles. The second-order valence-corrected chi connectivity index (χ2v) is 10.3. The SMILES string of the molecule is Cc1c(-c2nc(-c3cccc(Cl)c3)no2)oc2ccc(S(=O)(=O)N3CCCCCC3)cc12. The second-order valence-electron chi connectivity index (χ2n) is 7.97. The number of aryl methyl sites for hydroxylation is 1. The molecule has 7 nitrogen and oxygen atoms in total. The zero-order valence-electron chi connectivity index (χ0n) is 17.5. The molecule has 1 aliphatic heterocycles. The maximum absolute atomic E-state index is 13.2. The maximum atomic E-state index is 13.2. The Morgan fingerprint density at radius 1 is 1.03 bits per heavy atom. The van der Waals surface area contributed by atoms with Gasteiger partial charge in [0.25, 0.3) is 5.89 Å². The lowest BCUT2D eigenvalue weighted by molar-refractivity contribution is 0.419. The molecule has 0 aliphatic carbocycles. The molecule has 1 fully saturated rings. The van der Waals surface area contributed by atoms with Gasteiger partial charge in [0, 0.05) is 34.6 Å². The van der Waals surface area contributed by atoms with Crippen LogP contribution in [0.1, 0.15) is 31.2 Å². The maximum Gasteiger partial charge on any atom is 0.294 e. The van der Waals surface area contributed by atoms with Crippen LogP contribution in [0.15, 0.2) is 56.3 Å². The quantitative estimate of drug-likeness (QED) is 0.380. The van der Waals surface area contributed by atoms with Gasteiger partial charge in [-0.1, -0.05) is 41.7 Å². The Morgan fingerprint density at radius 3 is 2.56 bits per heavy atom. The molecular weight excluding hydrogens is 450 g/mol. The zero-order chi connectivity index (χ0) is 22.3. The van der Waals surface area contributed by atoms with E-state index in [1.54, 1.807) is 34.6 Å². The number of halogens is 1. The van der Waals surface area contributed by atoms with Crippen LogP contribution < -0.4 is 0 Å². The number of nitrogens with zero attached hydrogens (tertiary/aromatic N) is 3. The number of fused-ring (bicyclic) bond motifs is 1. The minimum absolute atomic E-state index is 0.227. The molecule has 0 radical (unpaired) electrons. The number of rotatable bonds is 4. The van der Waals surface area contributed by atoms with Gasteiger partial charge in [0.2, 0.25) is 15.8 Å². The van der Waals surface area contributed by atoms with Crippen molar-refractivity contribution >= 4 is 32.6 Å². The van der Waals surface area contributed by atoms with Crippen molar-refractivity contribution in [2.75, 3.05) is 13.1 Å². The molecule has 0 bridgehead atoms. The summed E-state index contributed by atoms with van der Waals surface area (Å²) in [6.07, 6.45) is 3.91. The molecule has 1 saturated heterocycles. The Bertz CT molecular complexity index is 1390. The largest absolute Gasteiger partial charge is 0.451 e. The van der Waals surface area contributed by atoms with Gasteiger partial charge in [-0.3, -0.25) is 0 Å². The van der Waals surface area contributed by atoms with Gasteiger partial charge in [0.15, 0.2) is 5.76 Å². The molecule has 32 heavy (non-hydrogen) atoms. The lowest BCUT2D eigenvalue weighted by Gasteiger charge is -2.19. The highest BCUT2D eigenvalue weighted by molar-refractivity contribution is 7.89. The second kappa shape index (κ2) is 8.35. The summed E-state index contributed by atoms with van der Waals surface area (Å²) < 4.78 is 39.4. The van der Waals surface area contributed by atoms with E-state index in [2.05, 4.69) is 10.1 Å². The highest BCUT2D eigenvalue weighted by Gasteiger charge is 2.27. The van der Waals surface area contributed by atoms with Gasteiger partial charge >= 0.3 is 0 Å². The molecule has 166 valence electrons. The van der Waals surface area contributed by atoms with Gasteiger partial charge in [-0.25, -0.2) is 8.42 Å². The van der Waals surface area contributed by atoms with Gasteiger partial charge in [0.1, 0.15) is 5.58 Å². The predicted molar refractivity (Wildman–Crippen MR) is 122 cm³/mol. The van der Waals surface area contributed by atoms with Gasteiger partial charge in [0.05, 0.1) is 4.90 Å². The van der Waals surface area contributed by atoms with E-state index in [0.717, 1.165) is 36.8 Å². The first-order valence-corrected chi connectivity index (χ1v) is 12.4. The number of hydrogen-bond acceptors (Lipinski definition) is 6. The van der Waals surface area contributed by atoms with E-state index in [4.69, 9.17) is 20.5 Å². The Morgan fingerprint density at radius 2 is 1.81 bits per heavy atom. The molecule has 0 N–H and O–H groups in total. The molecule has 0 saturated carbocycles. The third-order valence-corrected chi connectivity index (χ3v) is 7.94. The van der Waals surface area contributed by atoms with Crippen LogP contribution in [0.25, 0.3) is 34.0 Å². The van der Waals surface area contributed by atoms with E-state index >= 15 is 0 Å². The summed E-state index contributed by atoms with van der Waals surface area (Å²) in [7, 11) is -3.56. The summed E-state index contributed by atoms with van der Waals surface area (Å²) in [6, 6.07) is 12.1. The summed E-state index contributed by atoms with van der Waals surface area (Å²) >= 11 is 6.06. The zero-order valence-corrected chi connectivity index (χ0v) is 19.1. The van der Waals surface area contributed by atoms with Crippen LogP contribution in [0.3, 0.4) is 0 Å². The fraction of sp³-hybridized carbons (Fsp3) is 0.304. The summed E-state index contributed by atoms with van der Waals surface area (Å²) in [5.41, 5.74) is 2.04. The molecule has 0 spiro atoms. The van der Waals surface area contributed by atoms with Crippen LogP contribution in [0.4, 0.5) is 0 Å². The van der Waals surface area contributed by atoms with Crippen molar-refractivity contribution in [3.63, 3.8) is 0 Å². The first kappa shape index (κ1) is 21.2. The topological polar surface area (TPSA) is 89.4 Å². The van der Waals surface area contributed by atoms with Crippen molar-refractivity contribution in [1.29, 1.82) is 0 Å². The molecule has 1 aliphatic rings. The van der Waals surface area contributed by atoms with Crippen molar-refractivity contribution in [1.82, 2.24) is 14.4 Å². The standard InChI is InChI=1S/C23H22ClN3O4S/c1-15-19-14-18(32(28,29)27-11-4-2-3-5-12-27)9-10-20(19)30-21(15)23-25-22(26-31-23)16-7-6-8-17(24)13-16/h6-10,13-14H,2-5,11-12H2,1H3. The number of furan rings is 1. The molecule has 2 aromatic heterocycles. The van der Waals surface area contributed by atoms with Gasteiger partial charge in [-0.15, -0.1) is 0 Å². The summed E-state index contributed by atoms with van der Waals surface area (Å²) in [5, 5.41) is 5.32. The number of hydrogen-bond donors (Lipinski definition) is 0. The predicted octanol–water partition coefficient (Wildman–Crippen LogP) is 5.68. The molecule has 4 aromatic rings.